The Bertz CT molecular complexity index is 910. The molecule has 0 radical (unpaired) electrons. The summed E-state index contributed by atoms with van der Waals surface area (Å²) >= 11 is 0. The molecule has 4 nitrogen and oxygen atoms in total. The van der Waals surface area contributed by atoms with Gasteiger partial charge in [-0.1, -0.05) is 0 Å². The molecule has 0 saturated carbocycles. The molecule has 1 aromatic carbocycles. The van der Waals surface area contributed by atoms with Gasteiger partial charge in [0.2, 0.25) is 5.88 Å². The highest BCUT2D eigenvalue weighted by Crippen LogP contribution is 2.44. The Kier molecular flexibility index (Phi) is 5.25. The van der Waals surface area contributed by atoms with Crippen molar-refractivity contribution < 1.29 is 35.8 Å². The fourth-order valence-corrected chi connectivity index (χ4v) is 3.27. The van der Waals surface area contributed by atoms with Crippen molar-refractivity contribution in [3.05, 3.63) is 23.8 Å². The first kappa shape index (κ1) is 21.3. The number of benzene rings is 1. The van der Waals surface area contributed by atoms with Crippen LogP contribution < -0.4 is 14.4 Å². The molecule has 160 valence electrons. The Morgan fingerprint density at radius 2 is 1.76 bits per heavy atom. The van der Waals surface area contributed by atoms with E-state index in [4.69, 9.17) is 9.47 Å². The van der Waals surface area contributed by atoms with Gasteiger partial charge in [-0.15, -0.1) is 0 Å². The molecule has 2 aromatic rings. The highest BCUT2D eigenvalue weighted by Gasteiger charge is 2.40. The summed E-state index contributed by atoms with van der Waals surface area (Å²) in [4.78, 5) is 5.11. The van der Waals surface area contributed by atoms with Crippen LogP contribution in [0.15, 0.2) is 18.2 Å². The van der Waals surface area contributed by atoms with Crippen molar-refractivity contribution >= 4 is 16.6 Å². The highest BCUT2D eigenvalue weighted by atomic mass is 19.4. The summed E-state index contributed by atoms with van der Waals surface area (Å²) in [6, 6.07) is 2.37. The fraction of sp³-hybridized carbons (Fsp3) is 0.526. The molecule has 0 aliphatic carbocycles. The van der Waals surface area contributed by atoms with Gasteiger partial charge >= 0.3 is 12.4 Å². The summed E-state index contributed by atoms with van der Waals surface area (Å²) in [6.07, 6.45) is -10.3. The highest BCUT2D eigenvalue weighted by molar-refractivity contribution is 5.90. The Labute approximate surface area is 163 Å². The largest absolute Gasteiger partial charge is 0.486 e. The van der Waals surface area contributed by atoms with E-state index in [0.717, 1.165) is 17.0 Å². The van der Waals surface area contributed by atoms with E-state index in [9.17, 15) is 26.3 Å². The van der Waals surface area contributed by atoms with Crippen LogP contribution >= 0.6 is 0 Å². The topological polar surface area (TPSA) is 34.6 Å². The summed E-state index contributed by atoms with van der Waals surface area (Å²) in [6.45, 7) is 5.13. The molecule has 2 atom stereocenters. The van der Waals surface area contributed by atoms with Crippen LogP contribution in [0.3, 0.4) is 0 Å². The molecule has 0 amide bonds. The second kappa shape index (κ2) is 7.14. The summed E-state index contributed by atoms with van der Waals surface area (Å²) in [5, 5.41) is -0.315. The summed E-state index contributed by atoms with van der Waals surface area (Å²) in [5.41, 5.74) is -1.15. The number of hydrogen-bond acceptors (Lipinski definition) is 4. The molecule has 2 heterocycles. The third-order valence-electron chi connectivity index (χ3n) is 4.67. The SMILES string of the molecule is CC(C)Oc1cc(C(F)(F)F)c2cc3c(cc2n1)OC(C)C(C)N3CC(F)(F)F. The molecular formula is C19H20F6N2O2. The minimum atomic E-state index is -4.74. The van der Waals surface area contributed by atoms with Crippen molar-refractivity contribution in [2.24, 2.45) is 0 Å². The number of alkyl halides is 6. The van der Waals surface area contributed by atoms with Gasteiger partial charge in [-0.2, -0.15) is 26.3 Å². The second-order valence-electron chi connectivity index (χ2n) is 7.32. The minimum absolute atomic E-state index is 0.0506. The number of halogens is 6. The first-order chi connectivity index (χ1) is 13.3. The number of aromatic nitrogens is 1. The summed E-state index contributed by atoms with van der Waals surface area (Å²) in [7, 11) is 0. The van der Waals surface area contributed by atoms with Crippen LogP contribution in [0.4, 0.5) is 32.0 Å². The van der Waals surface area contributed by atoms with Crippen molar-refractivity contribution in [1.29, 1.82) is 0 Å². The minimum Gasteiger partial charge on any atom is -0.486 e. The van der Waals surface area contributed by atoms with E-state index < -0.39 is 42.7 Å². The van der Waals surface area contributed by atoms with Gasteiger partial charge in [0.1, 0.15) is 18.4 Å². The zero-order valence-corrected chi connectivity index (χ0v) is 16.1. The maximum Gasteiger partial charge on any atom is 0.417 e. The normalized spacial score (nSPS) is 20.0. The maximum atomic E-state index is 13.7. The zero-order chi connectivity index (χ0) is 21.7. The van der Waals surface area contributed by atoms with E-state index in [0.29, 0.717) is 0 Å². The van der Waals surface area contributed by atoms with Gasteiger partial charge in [0.05, 0.1) is 28.9 Å². The van der Waals surface area contributed by atoms with Crippen LogP contribution in [0.2, 0.25) is 0 Å². The van der Waals surface area contributed by atoms with Gasteiger partial charge in [0, 0.05) is 17.5 Å². The third-order valence-corrected chi connectivity index (χ3v) is 4.67. The van der Waals surface area contributed by atoms with Crippen molar-refractivity contribution in [3.63, 3.8) is 0 Å². The quantitative estimate of drug-likeness (QED) is 0.605. The van der Waals surface area contributed by atoms with Crippen molar-refractivity contribution in [3.8, 4) is 11.6 Å². The molecule has 1 aliphatic heterocycles. The van der Waals surface area contributed by atoms with Gasteiger partial charge in [-0.25, -0.2) is 4.98 Å². The number of rotatable bonds is 3. The Morgan fingerprint density at radius 3 is 2.31 bits per heavy atom. The lowest BCUT2D eigenvalue weighted by atomic mass is 10.0. The molecule has 10 heteroatoms. The van der Waals surface area contributed by atoms with E-state index in [1.165, 1.54) is 13.0 Å². The summed E-state index contributed by atoms with van der Waals surface area (Å²) < 4.78 is 91.3. The van der Waals surface area contributed by atoms with Crippen LogP contribution in [0.25, 0.3) is 10.9 Å². The molecule has 0 bridgehead atoms. The molecule has 1 aliphatic rings. The van der Waals surface area contributed by atoms with E-state index in [-0.39, 0.29) is 28.2 Å². The molecule has 0 N–H and O–H groups in total. The monoisotopic (exact) mass is 422 g/mol. The summed E-state index contributed by atoms with van der Waals surface area (Å²) in [5.74, 6) is -0.168. The van der Waals surface area contributed by atoms with E-state index in [1.54, 1.807) is 20.8 Å². The molecule has 3 rings (SSSR count). The van der Waals surface area contributed by atoms with Crippen LogP contribution in [0.5, 0.6) is 11.6 Å². The third kappa shape index (κ3) is 4.45. The van der Waals surface area contributed by atoms with Crippen molar-refractivity contribution in [1.82, 2.24) is 4.98 Å². The Balaban J connectivity index is 2.24. The molecule has 29 heavy (non-hydrogen) atoms. The lowest BCUT2D eigenvalue weighted by Crippen LogP contribution is -2.50. The van der Waals surface area contributed by atoms with E-state index in [2.05, 4.69) is 4.98 Å². The predicted molar refractivity (Wildman–Crippen MR) is 95.5 cm³/mol. The van der Waals surface area contributed by atoms with Crippen molar-refractivity contribution in [2.45, 2.75) is 58.3 Å². The van der Waals surface area contributed by atoms with E-state index >= 15 is 0 Å². The van der Waals surface area contributed by atoms with Crippen LogP contribution in [0, 0.1) is 0 Å². The number of nitrogens with zero attached hydrogens (tertiary/aromatic N) is 2. The first-order valence-electron chi connectivity index (χ1n) is 8.99. The molecule has 0 saturated heterocycles. The Hall–Kier alpha value is -2.39. The number of hydrogen-bond donors (Lipinski definition) is 0. The zero-order valence-electron chi connectivity index (χ0n) is 16.1. The number of ether oxygens (including phenoxy) is 2. The fourth-order valence-electron chi connectivity index (χ4n) is 3.27. The van der Waals surface area contributed by atoms with Crippen molar-refractivity contribution in [2.75, 3.05) is 11.4 Å². The molecule has 0 fully saturated rings. The second-order valence-corrected chi connectivity index (χ2v) is 7.32. The number of anilines is 1. The first-order valence-corrected chi connectivity index (χ1v) is 8.99. The molecular weight excluding hydrogens is 402 g/mol. The standard InChI is InChI=1S/C19H20F6N2O2/c1-9(2)28-17-6-13(19(23,24)25)12-5-15-16(7-14(12)26-17)29-11(4)10(3)27(15)8-18(20,21)22/h5-7,9-11H,8H2,1-4H3. The average molecular weight is 422 g/mol. The van der Waals surface area contributed by atoms with Crippen LogP contribution in [-0.4, -0.2) is 36.0 Å². The van der Waals surface area contributed by atoms with Gasteiger partial charge in [-0.05, 0) is 33.8 Å². The number of fused-ring (bicyclic) bond motifs is 2. The van der Waals surface area contributed by atoms with E-state index in [1.807, 2.05) is 0 Å². The maximum absolute atomic E-state index is 13.7. The number of pyridine rings is 1. The molecule has 2 unspecified atom stereocenters. The van der Waals surface area contributed by atoms with Gasteiger partial charge in [-0.3, -0.25) is 0 Å². The van der Waals surface area contributed by atoms with Crippen LogP contribution in [0.1, 0.15) is 33.3 Å². The smallest absolute Gasteiger partial charge is 0.417 e. The molecule has 0 spiro atoms. The van der Waals surface area contributed by atoms with Gasteiger partial charge in [0.25, 0.3) is 0 Å². The lowest BCUT2D eigenvalue weighted by molar-refractivity contribution is -0.136. The Morgan fingerprint density at radius 1 is 1.10 bits per heavy atom. The average Bonchev–Trinajstić information content (AvgIpc) is 2.54. The lowest BCUT2D eigenvalue weighted by Gasteiger charge is -2.41. The van der Waals surface area contributed by atoms with Gasteiger partial charge < -0.3 is 14.4 Å². The van der Waals surface area contributed by atoms with Crippen LogP contribution in [-0.2, 0) is 6.18 Å². The molecule has 1 aromatic heterocycles. The van der Waals surface area contributed by atoms with Gasteiger partial charge in [0.15, 0.2) is 0 Å². The predicted octanol–water partition coefficient (Wildman–Crippen LogP) is 5.58.